The van der Waals surface area contributed by atoms with Crippen LogP contribution in [0, 0.1) is 5.92 Å². The monoisotopic (exact) mass is 263 g/mol. The van der Waals surface area contributed by atoms with E-state index in [4.69, 9.17) is 10.8 Å². The number of nitrogens with one attached hydrogen (secondary N) is 1. The zero-order chi connectivity index (χ0) is 14.0. The molecule has 0 atom stereocenters. The summed E-state index contributed by atoms with van der Waals surface area (Å²) >= 11 is 0. The number of hydrogen-bond acceptors (Lipinski definition) is 5. The van der Waals surface area contributed by atoms with Gasteiger partial charge >= 0.3 is 0 Å². The Kier molecular flexibility index (Phi) is 4.24. The van der Waals surface area contributed by atoms with Crippen molar-refractivity contribution in [1.29, 1.82) is 0 Å². The van der Waals surface area contributed by atoms with E-state index in [-0.39, 0.29) is 0 Å². The molecule has 1 aromatic heterocycles. The standard InChI is InChI=1S/C14H25N5/c1-9(2)8-19(11-5-6-11)13-7-12(18-15)16-14(17-13)10(3)4/h7,9-11H,5-6,8,15H2,1-4H3,(H,16,17,18). The highest BCUT2D eigenvalue weighted by molar-refractivity contribution is 5.50. The van der Waals surface area contributed by atoms with Crippen LogP contribution in [0.4, 0.5) is 11.6 Å². The molecule has 1 saturated carbocycles. The van der Waals surface area contributed by atoms with Crippen molar-refractivity contribution in [2.24, 2.45) is 11.8 Å². The normalized spacial score (nSPS) is 15.1. The summed E-state index contributed by atoms with van der Waals surface area (Å²) in [5, 5.41) is 0. The average molecular weight is 263 g/mol. The maximum Gasteiger partial charge on any atom is 0.145 e. The van der Waals surface area contributed by atoms with Crippen molar-refractivity contribution in [1.82, 2.24) is 9.97 Å². The van der Waals surface area contributed by atoms with Crippen molar-refractivity contribution in [2.45, 2.75) is 52.5 Å². The number of nitrogens with two attached hydrogens (primary N) is 1. The second-order valence-electron chi connectivity index (χ2n) is 6.05. The molecule has 1 heterocycles. The van der Waals surface area contributed by atoms with E-state index in [9.17, 15) is 0 Å². The van der Waals surface area contributed by atoms with Gasteiger partial charge < -0.3 is 10.3 Å². The van der Waals surface area contributed by atoms with E-state index in [1.165, 1.54) is 12.8 Å². The van der Waals surface area contributed by atoms with Crippen LogP contribution in [0.1, 0.15) is 52.3 Å². The van der Waals surface area contributed by atoms with Gasteiger partial charge in [-0.3, -0.25) is 0 Å². The minimum absolute atomic E-state index is 0.298. The van der Waals surface area contributed by atoms with Gasteiger partial charge in [-0.2, -0.15) is 0 Å². The summed E-state index contributed by atoms with van der Waals surface area (Å²) in [7, 11) is 0. The zero-order valence-electron chi connectivity index (χ0n) is 12.3. The second-order valence-corrected chi connectivity index (χ2v) is 6.05. The lowest BCUT2D eigenvalue weighted by Gasteiger charge is -2.26. The Morgan fingerprint density at radius 1 is 1.32 bits per heavy atom. The van der Waals surface area contributed by atoms with Crippen molar-refractivity contribution in [3.05, 3.63) is 11.9 Å². The highest BCUT2D eigenvalue weighted by Crippen LogP contribution is 2.32. The smallest absolute Gasteiger partial charge is 0.145 e. The maximum absolute atomic E-state index is 5.52. The molecule has 0 aliphatic heterocycles. The minimum Gasteiger partial charge on any atom is -0.353 e. The van der Waals surface area contributed by atoms with Crippen molar-refractivity contribution in [2.75, 3.05) is 16.9 Å². The maximum atomic E-state index is 5.52. The Labute approximate surface area is 115 Å². The molecular weight excluding hydrogens is 238 g/mol. The molecule has 0 saturated heterocycles. The van der Waals surface area contributed by atoms with Crippen LogP contribution in [0.15, 0.2) is 6.07 Å². The van der Waals surface area contributed by atoms with Crippen LogP contribution >= 0.6 is 0 Å². The molecule has 19 heavy (non-hydrogen) atoms. The molecule has 1 aliphatic carbocycles. The summed E-state index contributed by atoms with van der Waals surface area (Å²) in [4.78, 5) is 11.5. The summed E-state index contributed by atoms with van der Waals surface area (Å²) in [5.41, 5.74) is 2.65. The van der Waals surface area contributed by atoms with E-state index in [0.29, 0.717) is 23.7 Å². The molecule has 106 valence electrons. The van der Waals surface area contributed by atoms with Crippen LogP contribution in [0.25, 0.3) is 0 Å². The van der Waals surface area contributed by atoms with Crippen LogP contribution < -0.4 is 16.2 Å². The van der Waals surface area contributed by atoms with Gasteiger partial charge in [-0.15, -0.1) is 0 Å². The van der Waals surface area contributed by atoms with E-state index in [1.807, 2.05) is 6.07 Å². The van der Waals surface area contributed by atoms with Crippen LogP contribution in [-0.4, -0.2) is 22.6 Å². The molecule has 0 unspecified atom stereocenters. The molecule has 0 aromatic carbocycles. The van der Waals surface area contributed by atoms with Gasteiger partial charge in [-0.1, -0.05) is 27.7 Å². The first-order valence-corrected chi connectivity index (χ1v) is 7.13. The first-order valence-electron chi connectivity index (χ1n) is 7.13. The molecule has 1 aromatic rings. The number of aromatic nitrogens is 2. The molecule has 0 amide bonds. The predicted molar refractivity (Wildman–Crippen MR) is 79.1 cm³/mol. The number of nitrogens with zero attached hydrogens (tertiary/aromatic N) is 3. The van der Waals surface area contributed by atoms with Crippen molar-refractivity contribution >= 4 is 11.6 Å². The van der Waals surface area contributed by atoms with Crippen LogP contribution in [-0.2, 0) is 0 Å². The molecule has 0 radical (unpaired) electrons. The third kappa shape index (κ3) is 3.56. The third-order valence-corrected chi connectivity index (χ3v) is 3.24. The fourth-order valence-corrected chi connectivity index (χ4v) is 2.14. The van der Waals surface area contributed by atoms with Crippen LogP contribution in [0.2, 0.25) is 0 Å². The van der Waals surface area contributed by atoms with Gasteiger partial charge in [0.25, 0.3) is 0 Å². The van der Waals surface area contributed by atoms with E-state index in [0.717, 1.165) is 18.2 Å². The zero-order valence-corrected chi connectivity index (χ0v) is 12.3. The Morgan fingerprint density at radius 3 is 2.47 bits per heavy atom. The number of hydrogen-bond donors (Lipinski definition) is 2. The van der Waals surface area contributed by atoms with E-state index < -0.39 is 0 Å². The lowest BCUT2D eigenvalue weighted by Crippen LogP contribution is -2.31. The van der Waals surface area contributed by atoms with E-state index in [1.54, 1.807) is 0 Å². The highest BCUT2D eigenvalue weighted by atomic mass is 15.3. The van der Waals surface area contributed by atoms with Crippen LogP contribution in [0.5, 0.6) is 0 Å². The molecule has 3 N–H and O–H groups in total. The highest BCUT2D eigenvalue weighted by Gasteiger charge is 2.31. The van der Waals surface area contributed by atoms with Gasteiger partial charge in [0.2, 0.25) is 0 Å². The predicted octanol–water partition coefficient (Wildman–Crippen LogP) is 2.51. The van der Waals surface area contributed by atoms with E-state index in [2.05, 4.69) is 43.0 Å². The van der Waals surface area contributed by atoms with E-state index >= 15 is 0 Å². The summed E-state index contributed by atoms with van der Waals surface area (Å²) in [6.07, 6.45) is 2.53. The SMILES string of the molecule is CC(C)CN(c1cc(NN)nc(C(C)C)n1)C1CC1. The first-order chi connectivity index (χ1) is 9.01. The van der Waals surface area contributed by atoms with Gasteiger partial charge in [0, 0.05) is 24.6 Å². The van der Waals surface area contributed by atoms with Gasteiger partial charge in [0.05, 0.1) is 0 Å². The molecule has 5 nitrogen and oxygen atoms in total. The number of rotatable bonds is 6. The molecule has 1 fully saturated rings. The topological polar surface area (TPSA) is 67.1 Å². The fraction of sp³-hybridized carbons (Fsp3) is 0.714. The van der Waals surface area contributed by atoms with Gasteiger partial charge in [0.1, 0.15) is 17.5 Å². The van der Waals surface area contributed by atoms with Gasteiger partial charge in [0.15, 0.2) is 0 Å². The van der Waals surface area contributed by atoms with Crippen molar-refractivity contribution < 1.29 is 0 Å². The summed E-state index contributed by atoms with van der Waals surface area (Å²) in [5.74, 6) is 8.99. The van der Waals surface area contributed by atoms with Gasteiger partial charge in [-0.05, 0) is 18.8 Å². The molecular formula is C14H25N5. The minimum atomic E-state index is 0.298. The average Bonchev–Trinajstić information content (AvgIpc) is 3.19. The summed E-state index contributed by atoms with van der Waals surface area (Å²) < 4.78 is 0. The Morgan fingerprint density at radius 2 is 2.00 bits per heavy atom. The summed E-state index contributed by atoms with van der Waals surface area (Å²) in [6, 6.07) is 2.59. The number of nitrogen functional groups attached to an aromatic ring is 1. The largest absolute Gasteiger partial charge is 0.353 e. The number of anilines is 2. The molecule has 5 heteroatoms. The summed E-state index contributed by atoms with van der Waals surface area (Å²) in [6.45, 7) is 9.71. The first kappa shape index (κ1) is 14.1. The molecule has 1 aliphatic rings. The second kappa shape index (κ2) is 5.74. The fourth-order valence-electron chi connectivity index (χ4n) is 2.14. The lowest BCUT2D eigenvalue weighted by molar-refractivity contribution is 0.600. The van der Waals surface area contributed by atoms with Crippen LogP contribution in [0.3, 0.4) is 0 Å². The molecule has 0 bridgehead atoms. The third-order valence-electron chi connectivity index (χ3n) is 3.24. The lowest BCUT2D eigenvalue weighted by atomic mass is 10.2. The quantitative estimate of drug-likeness (QED) is 0.610. The van der Waals surface area contributed by atoms with Crippen molar-refractivity contribution in [3.8, 4) is 0 Å². The van der Waals surface area contributed by atoms with Gasteiger partial charge in [-0.25, -0.2) is 15.8 Å². The van der Waals surface area contributed by atoms with Crippen molar-refractivity contribution in [3.63, 3.8) is 0 Å². The molecule has 2 rings (SSSR count). The Hall–Kier alpha value is -1.36. The number of hydrazine groups is 1. The molecule has 0 spiro atoms. The Balaban J connectivity index is 2.32. The Bertz CT molecular complexity index is 426.